The van der Waals surface area contributed by atoms with Crippen LogP contribution in [0.25, 0.3) is 22.5 Å². The van der Waals surface area contributed by atoms with Crippen LogP contribution in [-0.4, -0.2) is 36.5 Å². The first-order valence-corrected chi connectivity index (χ1v) is 10.0. The van der Waals surface area contributed by atoms with Crippen molar-refractivity contribution in [3.8, 4) is 28.2 Å². The summed E-state index contributed by atoms with van der Waals surface area (Å²) in [6.45, 7) is 0.389. The number of benzene rings is 2. The first-order valence-electron chi connectivity index (χ1n) is 10.0. The third-order valence-corrected chi connectivity index (χ3v) is 5.08. The highest BCUT2D eigenvalue weighted by Gasteiger charge is 2.15. The van der Waals surface area contributed by atoms with Crippen molar-refractivity contribution < 1.29 is 18.4 Å². The number of rotatable bonds is 8. The van der Waals surface area contributed by atoms with Gasteiger partial charge in [-0.2, -0.15) is 0 Å². The van der Waals surface area contributed by atoms with Gasteiger partial charge >= 0.3 is 0 Å². The number of likely N-dealkylation sites (N-methyl/N-ethyl adjacent to an activating group) is 1. The first-order chi connectivity index (χ1) is 15.6. The van der Waals surface area contributed by atoms with Crippen LogP contribution in [0.4, 0.5) is 11.7 Å². The van der Waals surface area contributed by atoms with E-state index in [9.17, 15) is 4.79 Å². The Balaban J connectivity index is 1.55. The Kier molecular flexibility index (Phi) is 6.23. The molecule has 2 aromatic carbocycles. The molecule has 0 unspecified atom stereocenters. The lowest BCUT2D eigenvalue weighted by molar-refractivity contribution is -0.128. The molecule has 1 amide bonds. The van der Waals surface area contributed by atoms with E-state index in [-0.39, 0.29) is 12.5 Å². The normalized spacial score (nSPS) is 10.7. The van der Waals surface area contributed by atoms with E-state index in [1.54, 1.807) is 37.8 Å². The van der Waals surface area contributed by atoms with Gasteiger partial charge in [-0.3, -0.25) is 4.79 Å². The minimum absolute atomic E-state index is 0.0299. The maximum Gasteiger partial charge on any atom is 0.299 e. The average Bonchev–Trinajstić information content (AvgIpc) is 3.51. The van der Waals surface area contributed by atoms with E-state index in [2.05, 4.69) is 10.3 Å². The van der Waals surface area contributed by atoms with E-state index in [4.69, 9.17) is 19.3 Å². The number of nitrogens with two attached hydrogens (primary N) is 1. The van der Waals surface area contributed by atoms with Crippen LogP contribution in [-0.2, 0) is 11.3 Å². The van der Waals surface area contributed by atoms with Crippen molar-refractivity contribution in [2.45, 2.75) is 6.54 Å². The number of anilines is 2. The van der Waals surface area contributed by atoms with Crippen LogP contribution in [0.2, 0.25) is 0 Å². The van der Waals surface area contributed by atoms with E-state index < -0.39 is 0 Å². The summed E-state index contributed by atoms with van der Waals surface area (Å²) in [4.78, 5) is 17.8. The molecule has 8 nitrogen and oxygen atoms in total. The Hall–Kier alpha value is -4.04. The fourth-order valence-electron chi connectivity index (χ4n) is 3.40. The zero-order valence-electron chi connectivity index (χ0n) is 17.9. The topological polar surface area (TPSA) is 107 Å². The lowest BCUT2D eigenvalue weighted by Gasteiger charge is -2.17. The van der Waals surface area contributed by atoms with Crippen LogP contribution < -0.4 is 15.8 Å². The van der Waals surface area contributed by atoms with Gasteiger partial charge in [0.15, 0.2) is 5.76 Å². The van der Waals surface area contributed by atoms with Gasteiger partial charge in [-0.25, -0.2) is 4.98 Å². The molecule has 32 heavy (non-hydrogen) atoms. The maximum atomic E-state index is 11.9. The molecule has 0 saturated heterocycles. The summed E-state index contributed by atoms with van der Waals surface area (Å²) in [5.41, 5.74) is 9.88. The predicted molar refractivity (Wildman–Crippen MR) is 121 cm³/mol. The Labute approximate surface area is 185 Å². The molecule has 0 fully saturated rings. The summed E-state index contributed by atoms with van der Waals surface area (Å²) in [7, 11) is 3.34. The number of furan rings is 1. The van der Waals surface area contributed by atoms with Crippen molar-refractivity contribution >= 4 is 17.6 Å². The standard InChI is InChI=1S/C24H24N4O4/c1-28(23(29)12-25)14-16-5-3-4-6-19(16)22-13-26-24(32-22)27-18-7-8-20(21(11-18)30-2)17-9-10-31-15-17/h3-11,13,15H,12,14,25H2,1-2H3,(H,26,27). The average molecular weight is 432 g/mol. The second-order valence-corrected chi connectivity index (χ2v) is 7.19. The van der Waals surface area contributed by atoms with Crippen LogP contribution >= 0.6 is 0 Å². The van der Waals surface area contributed by atoms with E-state index in [1.165, 1.54) is 0 Å². The van der Waals surface area contributed by atoms with Gasteiger partial charge in [0.05, 0.1) is 32.4 Å². The van der Waals surface area contributed by atoms with Crippen molar-refractivity contribution in [3.63, 3.8) is 0 Å². The third kappa shape index (κ3) is 4.50. The Bertz CT molecular complexity index is 1200. The fourth-order valence-corrected chi connectivity index (χ4v) is 3.40. The number of ether oxygens (including phenoxy) is 1. The van der Waals surface area contributed by atoms with Crippen molar-refractivity contribution in [1.29, 1.82) is 0 Å². The molecule has 0 saturated carbocycles. The van der Waals surface area contributed by atoms with Crippen molar-refractivity contribution in [3.05, 3.63) is 72.8 Å². The van der Waals surface area contributed by atoms with Crippen LogP contribution in [0.1, 0.15) is 5.56 Å². The molecule has 0 atom stereocenters. The highest BCUT2D eigenvalue weighted by Crippen LogP contribution is 2.34. The highest BCUT2D eigenvalue weighted by atomic mass is 16.5. The van der Waals surface area contributed by atoms with E-state index in [0.717, 1.165) is 27.9 Å². The molecule has 0 radical (unpaired) electrons. The van der Waals surface area contributed by atoms with Crippen molar-refractivity contribution in [2.24, 2.45) is 5.73 Å². The van der Waals surface area contributed by atoms with Gasteiger partial charge in [0.25, 0.3) is 6.01 Å². The number of carbonyl (C=O) groups is 1. The number of oxazole rings is 1. The first kappa shape index (κ1) is 21.2. The third-order valence-electron chi connectivity index (χ3n) is 5.08. The van der Waals surface area contributed by atoms with Crippen LogP contribution in [0.15, 0.2) is 76.1 Å². The minimum Gasteiger partial charge on any atom is -0.496 e. The molecule has 8 heteroatoms. The summed E-state index contributed by atoms with van der Waals surface area (Å²) in [5, 5.41) is 3.17. The van der Waals surface area contributed by atoms with E-state index in [0.29, 0.717) is 24.1 Å². The van der Waals surface area contributed by atoms with E-state index >= 15 is 0 Å². The van der Waals surface area contributed by atoms with Gasteiger partial charge in [0.1, 0.15) is 5.75 Å². The number of hydrogen-bond donors (Lipinski definition) is 2. The lowest BCUT2D eigenvalue weighted by Crippen LogP contribution is -2.32. The molecule has 4 aromatic rings. The molecule has 0 aliphatic carbocycles. The van der Waals surface area contributed by atoms with Gasteiger partial charge in [-0.05, 0) is 23.8 Å². The van der Waals surface area contributed by atoms with Crippen LogP contribution in [0, 0.1) is 0 Å². The largest absolute Gasteiger partial charge is 0.496 e. The van der Waals surface area contributed by atoms with Crippen molar-refractivity contribution in [2.75, 3.05) is 26.0 Å². The van der Waals surface area contributed by atoms with Crippen molar-refractivity contribution in [1.82, 2.24) is 9.88 Å². The Morgan fingerprint density at radius 2 is 2.03 bits per heavy atom. The van der Waals surface area contributed by atoms with Crippen LogP contribution in [0.5, 0.6) is 5.75 Å². The summed E-state index contributed by atoms with van der Waals surface area (Å²) < 4.78 is 16.7. The van der Waals surface area contributed by atoms with Gasteiger partial charge in [-0.15, -0.1) is 0 Å². The number of nitrogens with one attached hydrogen (secondary N) is 1. The number of carbonyl (C=O) groups excluding carboxylic acids is 1. The molecule has 4 rings (SSSR count). The zero-order valence-corrected chi connectivity index (χ0v) is 17.9. The van der Waals surface area contributed by atoms with Gasteiger partial charge in [0, 0.05) is 42.0 Å². The maximum absolute atomic E-state index is 11.9. The Morgan fingerprint density at radius 1 is 1.19 bits per heavy atom. The lowest BCUT2D eigenvalue weighted by atomic mass is 10.1. The number of amides is 1. The molecule has 2 heterocycles. The molecule has 3 N–H and O–H groups in total. The quantitative estimate of drug-likeness (QED) is 0.428. The molecule has 164 valence electrons. The smallest absolute Gasteiger partial charge is 0.299 e. The zero-order chi connectivity index (χ0) is 22.5. The molecule has 0 aliphatic rings. The predicted octanol–water partition coefficient (Wildman–Crippen LogP) is 4.27. The second kappa shape index (κ2) is 9.40. The molecule has 0 spiro atoms. The molecule has 2 aromatic heterocycles. The molecular weight excluding hydrogens is 408 g/mol. The fraction of sp³-hybridized carbons (Fsp3) is 0.167. The number of methoxy groups -OCH3 is 1. The number of nitrogens with zero attached hydrogens (tertiary/aromatic N) is 2. The molecular formula is C24H24N4O4. The van der Waals surface area contributed by atoms with Crippen LogP contribution in [0.3, 0.4) is 0 Å². The second-order valence-electron chi connectivity index (χ2n) is 7.19. The Morgan fingerprint density at radius 3 is 2.78 bits per heavy atom. The summed E-state index contributed by atoms with van der Waals surface area (Å²) >= 11 is 0. The van der Waals surface area contributed by atoms with Gasteiger partial charge in [-0.1, -0.05) is 24.3 Å². The molecule has 0 aliphatic heterocycles. The van der Waals surface area contributed by atoms with Gasteiger partial charge in [0.2, 0.25) is 5.91 Å². The minimum atomic E-state index is -0.132. The van der Waals surface area contributed by atoms with Gasteiger partial charge < -0.3 is 29.5 Å². The highest BCUT2D eigenvalue weighted by molar-refractivity contribution is 5.78. The molecule has 0 bridgehead atoms. The van der Waals surface area contributed by atoms with E-state index in [1.807, 2.05) is 48.5 Å². The summed E-state index contributed by atoms with van der Waals surface area (Å²) in [6, 6.07) is 15.7. The number of hydrogen-bond acceptors (Lipinski definition) is 7. The monoisotopic (exact) mass is 432 g/mol. The SMILES string of the molecule is COc1cc(Nc2ncc(-c3ccccc3CN(C)C(=O)CN)o2)ccc1-c1ccoc1. The summed E-state index contributed by atoms with van der Waals surface area (Å²) in [6.07, 6.45) is 4.95. The number of aromatic nitrogens is 1. The summed E-state index contributed by atoms with van der Waals surface area (Å²) in [5.74, 6) is 1.16.